The Morgan fingerprint density at radius 2 is 2.27 bits per heavy atom. The van der Waals surface area contributed by atoms with Crippen molar-refractivity contribution in [3.05, 3.63) is 36.2 Å². The Hall–Kier alpha value is -0.890. The lowest BCUT2D eigenvalue weighted by atomic mass is 10.2. The lowest BCUT2D eigenvalue weighted by Gasteiger charge is -1.96. The normalized spacial score (nSPS) is 13.4. The van der Waals surface area contributed by atoms with Gasteiger partial charge in [-0.2, -0.15) is 0 Å². The molecular formula is C9H14FN. The van der Waals surface area contributed by atoms with Crippen molar-refractivity contribution in [2.75, 3.05) is 6.54 Å². The summed E-state index contributed by atoms with van der Waals surface area (Å²) in [6, 6.07) is 0. The molecule has 0 rings (SSSR count). The number of hydrogen-bond donors (Lipinski definition) is 1. The Bertz CT molecular complexity index is 174. The van der Waals surface area contributed by atoms with Gasteiger partial charge in [0.05, 0.1) is 0 Å². The number of halogens is 1. The van der Waals surface area contributed by atoms with E-state index in [9.17, 15) is 4.39 Å². The molecule has 0 aliphatic heterocycles. The van der Waals surface area contributed by atoms with E-state index < -0.39 is 0 Å². The summed E-state index contributed by atoms with van der Waals surface area (Å²) in [7, 11) is 0. The zero-order valence-corrected chi connectivity index (χ0v) is 6.81. The largest absolute Gasteiger partial charge is 0.327 e. The predicted octanol–water partition coefficient (Wildman–Crippen LogP) is 2.32. The van der Waals surface area contributed by atoms with Crippen LogP contribution in [0.5, 0.6) is 0 Å². The second-order valence-electron chi connectivity index (χ2n) is 2.15. The van der Waals surface area contributed by atoms with Crippen molar-refractivity contribution in [1.82, 2.24) is 0 Å². The van der Waals surface area contributed by atoms with Crippen LogP contribution in [0.4, 0.5) is 4.39 Å². The molecule has 0 aliphatic carbocycles. The van der Waals surface area contributed by atoms with Gasteiger partial charge in [0, 0.05) is 6.54 Å². The highest BCUT2D eigenvalue weighted by molar-refractivity contribution is 5.21. The average Bonchev–Trinajstić information content (AvgIpc) is 2.01. The molecule has 0 saturated carbocycles. The van der Waals surface area contributed by atoms with E-state index in [-0.39, 0.29) is 5.83 Å². The first-order chi connectivity index (χ1) is 5.24. The lowest BCUT2D eigenvalue weighted by molar-refractivity contribution is 0.663. The second kappa shape index (κ2) is 5.86. The summed E-state index contributed by atoms with van der Waals surface area (Å²) in [5.74, 6) is -0.290. The molecule has 2 heteroatoms. The van der Waals surface area contributed by atoms with Crippen LogP contribution in [0.25, 0.3) is 0 Å². The van der Waals surface area contributed by atoms with Crippen LogP contribution < -0.4 is 5.73 Å². The molecule has 0 heterocycles. The molecule has 0 atom stereocenters. The minimum Gasteiger partial charge on any atom is -0.327 e. The fourth-order valence-corrected chi connectivity index (χ4v) is 0.661. The van der Waals surface area contributed by atoms with E-state index in [0.717, 1.165) is 12.0 Å². The first kappa shape index (κ1) is 10.1. The Kier molecular flexibility index (Phi) is 5.39. The molecule has 62 valence electrons. The van der Waals surface area contributed by atoms with Crippen molar-refractivity contribution in [2.24, 2.45) is 5.73 Å². The molecular weight excluding hydrogens is 141 g/mol. The maximum absolute atomic E-state index is 12.7. The van der Waals surface area contributed by atoms with Gasteiger partial charge in [0.2, 0.25) is 0 Å². The third-order valence-electron chi connectivity index (χ3n) is 1.34. The van der Waals surface area contributed by atoms with Crippen molar-refractivity contribution in [1.29, 1.82) is 0 Å². The van der Waals surface area contributed by atoms with Gasteiger partial charge in [-0.05, 0) is 18.6 Å². The van der Waals surface area contributed by atoms with Crippen molar-refractivity contribution in [3.63, 3.8) is 0 Å². The molecule has 0 fully saturated rings. The van der Waals surface area contributed by atoms with Crippen LogP contribution >= 0.6 is 0 Å². The molecule has 0 radical (unpaired) electrons. The zero-order valence-electron chi connectivity index (χ0n) is 6.81. The molecule has 0 aromatic heterocycles. The molecule has 0 bridgehead atoms. The quantitative estimate of drug-likeness (QED) is 0.619. The van der Waals surface area contributed by atoms with Crippen molar-refractivity contribution < 1.29 is 4.39 Å². The van der Waals surface area contributed by atoms with Gasteiger partial charge < -0.3 is 5.73 Å². The van der Waals surface area contributed by atoms with Gasteiger partial charge in [0.15, 0.2) is 0 Å². The minimum absolute atomic E-state index is 0.290. The highest BCUT2D eigenvalue weighted by Gasteiger charge is 1.91. The summed E-state index contributed by atoms with van der Waals surface area (Å²) >= 11 is 0. The van der Waals surface area contributed by atoms with E-state index in [4.69, 9.17) is 5.73 Å². The van der Waals surface area contributed by atoms with Crippen LogP contribution in [-0.2, 0) is 0 Å². The van der Waals surface area contributed by atoms with E-state index >= 15 is 0 Å². The van der Waals surface area contributed by atoms with Crippen molar-refractivity contribution >= 4 is 0 Å². The van der Waals surface area contributed by atoms with Crippen LogP contribution in [0.1, 0.15) is 13.3 Å². The number of rotatable bonds is 4. The van der Waals surface area contributed by atoms with E-state index in [1.54, 1.807) is 0 Å². The smallest absolute Gasteiger partial charge is 0.123 e. The van der Waals surface area contributed by atoms with Crippen LogP contribution in [0.3, 0.4) is 0 Å². The number of nitrogens with two attached hydrogens (primary N) is 1. The topological polar surface area (TPSA) is 26.0 Å². The molecule has 0 aromatic carbocycles. The van der Waals surface area contributed by atoms with Gasteiger partial charge >= 0.3 is 0 Å². The summed E-state index contributed by atoms with van der Waals surface area (Å²) in [5.41, 5.74) is 6.24. The second-order valence-corrected chi connectivity index (χ2v) is 2.15. The summed E-state index contributed by atoms with van der Waals surface area (Å²) in [5, 5.41) is 0. The van der Waals surface area contributed by atoms with E-state index in [2.05, 4.69) is 6.58 Å². The standard InChI is InChI=1S/C9H14FN/c1-3-5-9(10)6-8(4-2)7-11/h3,5-6H,1,4,7,11H2,2H3/b8-6+,9-5+. The Labute approximate surface area is 67.1 Å². The summed E-state index contributed by atoms with van der Waals surface area (Å²) in [6.45, 7) is 5.74. The van der Waals surface area contributed by atoms with Gasteiger partial charge in [-0.15, -0.1) is 0 Å². The maximum atomic E-state index is 12.7. The molecule has 0 saturated heterocycles. The Morgan fingerprint density at radius 1 is 1.64 bits per heavy atom. The third-order valence-corrected chi connectivity index (χ3v) is 1.34. The van der Waals surface area contributed by atoms with Gasteiger partial charge in [-0.1, -0.05) is 25.2 Å². The van der Waals surface area contributed by atoms with E-state index in [0.29, 0.717) is 6.54 Å². The number of hydrogen-bond acceptors (Lipinski definition) is 1. The molecule has 0 spiro atoms. The first-order valence-electron chi connectivity index (χ1n) is 3.62. The van der Waals surface area contributed by atoms with Gasteiger partial charge in [0.1, 0.15) is 5.83 Å². The molecule has 0 aromatic rings. The Morgan fingerprint density at radius 3 is 2.64 bits per heavy atom. The fraction of sp³-hybridized carbons (Fsp3) is 0.333. The fourth-order valence-electron chi connectivity index (χ4n) is 0.661. The summed E-state index contributed by atoms with van der Waals surface area (Å²) < 4.78 is 12.7. The highest BCUT2D eigenvalue weighted by atomic mass is 19.1. The summed E-state index contributed by atoms with van der Waals surface area (Å²) in [4.78, 5) is 0. The van der Waals surface area contributed by atoms with E-state index in [1.165, 1.54) is 18.2 Å². The van der Waals surface area contributed by atoms with Crippen LogP contribution in [0.2, 0.25) is 0 Å². The van der Waals surface area contributed by atoms with Crippen LogP contribution in [0, 0.1) is 0 Å². The van der Waals surface area contributed by atoms with Gasteiger partial charge in [0.25, 0.3) is 0 Å². The predicted molar refractivity (Wildman–Crippen MR) is 46.8 cm³/mol. The molecule has 1 nitrogen and oxygen atoms in total. The monoisotopic (exact) mass is 155 g/mol. The van der Waals surface area contributed by atoms with E-state index in [1.807, 2.05) is 6.92 Å². The minimum atomic E-state index is -0.290. The molecule has 0 aliphatic rings. The molecule has 0 amide bonds. The van der Waals surface area contributed by atoms with Crippen LogP contribution in [-0.4, -0.2) is 6.54 Å². The van der Waals surface area contributed by atoms with Crippen molar-refractivity contribution in [3.8, 4) is 0 Å². The maximum Gasteiger partial charge on any atom is 0.123 e. The van der Waals surface area contributed by atoms with Gasteiger partial charge in [-0.3, -0.25) is 0 Å². The molecule has 0 unspecified atom stereocenters. The average molecular weight is 155 g/mol. The number of allylic oxidation sites excluding steroid dienone is 4. The SMILES string of the molecule is C=C/C=C(F)\C=C(/CC)CN. The van der Waals surface area contributed by atoms with Crippen LogP contribution in [0.15, 0.2) is 36.2 Å². The Balaban J connectivity index is 4.25. The molecule has 2 N–H and O–H groups in total. The van der Waals surface area contributed by atoms with Gasteiger partial charge in [-0.25, -0.2) is 4.39 Å². The highest BCUT2D eigenvalue weighted by Crippen LogP contribution is 2.05. The van der Waals surface area contributed by atoms with Crippen molar-refractivity contribution in [2.45, 2.75) is 13.3 Å². The first-order valence-corrected chi connectivity index (χ1v) is 3.62. The zero-order chi connectivity index (χ0) is 8.69. The third kappa shape index (κ3) is 4.51. The summed E-state index contributed by atoms with van der Waals surface area (Å²) in [6.07, 6.45) is 4.96. The molecule has 11 heavy (non-hydrogen) atoms. The lowest BCUT2D eigenvalue weighted by Crippen LogP contribution is -2.01.